The lowest BCUT2D eigenvalue weighted by molar-refractivity contribution is 0.217. The van der Waals surface area contributed by atoms with Crippen LogP contribution in [0.15, 0.2) is 35.7 Å². The zero-order valence-electron chi connectivity index (χ0n) is 15.1. The van der Waals surface area contributed by atoms with Crippen LogP contribution < -0.4 is 10.2 Å². The summed E-state index contributed by atoms with van der Waals surface area (Å²) in [5.41, 5.74) is 3.01. The molecule has 2 aromatic heterocycles. The van der Waals surface area contributed by atoms with Crippen molar-refractivity contribution in [3.63, 3.8) is 0 Å². The quantitative estimate of drug-likeness (QED) is 0.875. The molecule has 0 spiro atoms. The van der Waals surface area contributed by atoms with E-state index in [-0.39, 0.29) is 6.03 Å². The Morgan fingerprint density at radius 2 is 2.04 bits per heavy atom. The van der Waals surface area contributed by atoms with Crippen LogP contribution in [0.25, 0.3) is 5.57 Å². The summed E-state index contributed by atoms with van der Waals surface area (Å²) >= 11 is 1.76. The van der Waals surface area contributed by atoms with Crippen LogP contribution in [0.3, 0.4) is 0 Å². The second kappa shape index (κ2) is 7.50. The van der Waals surface area contributed by atoms with E-state index in [1.165, 1.54) is 23.3 Å². The summed E-state index contributed by atoms with van der Waals surface area (Å²) in [6.45, 7) is 5.50. The van der Waals surface area contributed by atoms with Gasteiger partial charge in [-0.2, -0.15) is 0 Å². The largest absolute Gasteiger partial charge is 0.357 e. The van der Waals surface area contributed by atoms with E-state index in [1.807, 2.05) is 24.0 Å². The SMILES string of the molecule is Cc1nc(N2CCCC2)ccc1NC(=O)N1CC=C(c2cccs2)CC1. The Morgan fingerprint density at radius 1 is 1.19 bits per heavy atom. The Hall–Kier alpha value is -2.34. The number of amides is 2. The number of hydrogen-bond acceptors (Lipinski definition) is 4. The van der Waals surface area contributed by atoms with E-state index in [0.717, 1.165) is 43.3 Å². The van der Waals surface area contributed by atoms with E-state index in [0.29, 0.717) is 6.54 Å². The third-order valence-corrected chi connectivity index (χ3v) is 6.02. The second-order valence-corrected chi connectivity index (χ2v) is 7.78. The fraction of sp³-hybridized carbons (Fsp3) is 0.400. The Kier molecular flexibility index (Phi) is 4.93. The van der Waals surface area contributed by atoms with Gasteiger partial charge < -0.3 is 15.1 Å². The van der Waals surface area contributed by atoms with Gasteiger partial charge in [0, 0.05) is 31.1 Å². The van der Waals surface area contributed by atoms with Gasteiger partial charge in [-0.1, -0.05) is 12.1 Å². The normalized spacial score (nSPS) is 17.3. The van der Waals surface area contributed by atoms with Crippen molar-refractivity contribution >= 4 is 34.4 Å². The highest BCUT2D eigenvalue weighted by atomic mass is 32.1. The lowest BCUT2D eigenvalue weighted by atomic mass is 10.1. The van der Waals surface area contributed by atoms with Crippen molar-refractivity contribution < 1.29 is 4.79 Å². The Balaban J connectivity index is 1.39. The lowest BCUT2D eigenvalue weighted by Crippen LogP contribution is -2.38. The number of pyridine rings is 1. The molecular weight excluding hydrogens is 344 g/mol. The topological polar surface area (TPSA) is 48.5 Å². The number of carbonyl (C=O) groups is 1. The van der Waals surface area contributed by atoms with Gasteiger partial charge in [0.25, 0.3) is 0 Å². The Morgan fingerprint density at radius 3 is 2.69 bits per heavy atom. The zero-order valence-corrected chi connectivity index (χ0v) is 15.9. The predicted octanol–water partition coefficient (Wildman–Crippen LogP) is 4.37. The zero-order chi connectivity index (χ0) is 17.9. The van der Waals surface area contributed by atoms with Crippen molar-refractivity contribution in [2.24, 2.45) is 0 Å². The molecule has 0 bridgehead atoms. The molecule has 1 fully saturated rings. The summed E-state index contributed by atoms with van der Waals surface area (Å²) in [6.07, 6.45) is 5.53. The summed E-state index contributed by atoms with van der Waals surface area (Å²) in [5, 5.41) is 5.12. The van der Waals surface area contributed by atoms with Gasteiger partial charge in [0.15, 0.2) is 0 Å². The van der Waals surface area contributed by atoms with Gasteiger partial charge in [-0.05, 0) is 55.3 Å². The predicted molar refractivity (Wildman–Crippen MR) is 108 cm³/mol. The highest BCUT2D eigenvalue weighted by molar-refractivity contribution is 7.11. The molecule has 136 valence electrons. The van der Waals surface area contributed by atoms with Gasteiger partial charge in [-0.25, -0.2) is 9.78 Å². The Bertz CT molecular complexity index is 809. The lowest BCUT2D eigenvalue weighted by Gasteiger charge is -2.27. The molecule has 2 amide bonds. The van der Waals surface area contributed by atoms with Crippen molar-refractivity contribution in [1.29, 1.82) is 0 Å². The van der Waals surface area contributed by atoms with E-state index in [4.69, 9.17) is 0 Å². The molecule has 0 atom stereocenters. The first kappa shape index (κ1) is 17.1. The van der Waals surface area contributed by atoms with Crippen molar-refractivity contribution in [3.8, 4) is 0 Å². The molecule has 6 heteroatoms. The number of thiophene rings is 1. The molecule has 26 heavy (non-hydrogen) atoms. The molecule has 5 nitrogen and oxygen atoms in total. The van der Waals surface area contributed by atoms with Crippen LogP contribution in [-0.2, 0) is 0 Å². The maximum atomic E-state index is 12.6. The molecule has 0 unspecified atom stereocenters. The summed E-state index contributed by atoms with van der Waals surface area (Å²) < 4.78 is 0. The van der Waals surface area contributed by atoms with E-state index in [9.17, 15) is 4.79 Å². The van der Waals surface area contributed by atoms with Crippen LogP contribution in [0.5, 0.6) is 0 Å². The third kappa shape index (κ3) is 3.60. The maximum Gasteiger partial charge on any atom is 0.322 e. The molecule has 0 aliphatic carbocycles. The van der Waals surface area contributed by atoms with Crippen LogP contribution in [-0.4, -0.2) is 42.1 Å². The molecule has 2 aromatic rings. The molecule has 1 saturated heterocycles. The van der Waals surface area contributed by atoms with Crippen molar-refractivity contribution in [2.75, 3.05) is 36.4 Å². The first-order chi connectivity index (χ1) is 12.7. The number of anilines is 2. The van der Waals surface area contributed by atoms with Gasteiger partial charge in [0.1, 0.15) is 5.82 Å². The molecule has 2 aliphatic heterocycles. The fourth-order valence-corrected chi connectivity index (χ4v) is 4.33. The molecule has 0 saturated carbocycles. The van der Waals surface area contributed by atoms with E-state index < -0.39 is 0 Å². The molecule has 1 N–H and O–H groups in total. The smallest absolute Gasteiger partial charge is 0.322 e. The van der Waals surface area contributed by atoms with Gasteiger partial charge >= 0.3 is 6.03 Å². The highest BCUT2D eigenvalue weighted by Gasteiger charge is 2.20. The summed E-state index contributed by atoms with van der Waals surface area (Å²) in [4.78, 5) is 22.8. The van der Waals surface area contributed by atoms with Crippen LogP contribution in [0, 0.1) is 6.92 Å². The summed E-state index contributed by atoms with van der Waals surface area (Å²) in [5.74, 6) is 1.01. The monoisotopic (exact) mass is 368 g/mol. The minimum atomic E-state index is -0.0506. The van der Waals surface area contributed by atoms with Gasteiger partial charge in [0.2, 0.25) is 0 Å². The first-order valence-corrected chi connectivity index (χ1v) is 10.1. The average Bonchev–Trinajstić information content (AvgIpc) is 3.37. The molecular formula is C20H24N4OS. The van der Waals surface area contributed by atoms with Crippen LogP contribution in [0.1, 0.15) is 29.8 Å². The Labute approximate surface area is 158 Å². The van der Waals surface area contributed by atoms with Crippen LogP contribution >= 0.6 is 11.3 Å². The van der Waals surface area contributed by atoms with Gasteiger partial charge in [-0.15, -0.1) is 11.3 Å². The number of nitrogens with zero attached hydrogens (tertiary/aromatic N) is 3. The van der Waals surface area contributed by atoms with Crippen LogP contribution in [0.4, 0.5) is 16.3 Å². The number of rotatable bonds is 3. The highest BCUT2D eigenvalue weighted by Crippen LogP contribution is 2.27. The number of aryl methyl sites for hydroxylation is 1. The fourth-order valence-electron chi connectivity index (χ4n) is 3.54. The number of carbonyl (C=O) groups excluding carboxylic acids is 1. The average molecular weight is 369 g/mol. The first-order valence-electron chi connectivity index (χ1n) is 9.22. The number of urea groups is 1. The van der Waals surface area contributed by atoms with Crippen LogP contribution in [0.2, 0.25) is 0 Å². The number of nitrogens with one attached hydrogen (secondary N) is 1. The van der Waals surface area contributed by atoms with Gasteiger partial charge in [0.05, 0.1) is 11.4 Å². The van der Waals surface area contributed by atoms with E-state index >= 15 is 0 Å². The summed E-state index contributed by atoms with van der Waals surface area (Å²) in [6, 6.07) is 8.15. The van der Waals surface area contributed by atoms with E-state index in [1.54, 1.807) is 11.3 Å². The van der Waals surface area contributed by atoms with Crippen molar-refractivity contribution in [2.45, 2.75) is 26.2 Å². The standard InChI is InChI=1S/C20H24N4OS/c1-15-17(6-7-19(21-15)23-10-2-3-11-23)22-20(25)24-12-8-16(9-13-24)18-5-4-14-26-18/h4-8,14H,2-3,9-13H2,1H3,(H,22,25). The van der Waals surface area contributed by atoms with Crippen molar-refractivity contribution in [1.82, 2.24) is 9.88 Å². The molecule has 2 aliphatic rings. The third-order valence-electron chi connectivity index (χ3n) is 5.08. The number of aromatic nitrogens is 1. The minimum absolute atomic E-state index is 0.0506. The second-order valence-electron chi connectivity index (χ2n) is 6.83. The molecule has 0 radical (unpaired) electrons. The van der Waals surface area contributed by atoms with Gasteiger partial charge in [-0.3, -0.25) is 0 Å². The summed E-state index contributed by atoms with van der Waals surface area (Å²) in [7, 11) is 0. The van der Waals surface area contributed by atoms with Crippen molar-refractivity contribution in [3.05, 3.63) is 46.3 Å². The molecule has 0 aromatic carbocycles. The maximum absolute atomic E-state index is 12.6. The number of hydrogen-bond donors (Lipinski definition) is 1. The molecule has 4 rings (SSSR count). The molecule has 4 heterocycles. The van der Waals surface area contributed by atoms with E-state index in [2.05, 4.69) is 38.8 Å². The minimum Gasteiger partial charge on any atom is -0.357 e.